The van der Waals surface area contributed by atoms with Crippen LogP contribution in [0.5, 0.6) is 0 Å². The fraction of sp³-hybridized carbons (Fsp3) is 0.367. The number of nitrogens with zero attached hydrogens (tertiary/aromatic N) is 5. The van der Waals surface area contributed by atoms with Crippen LogP contribution in [-0.4, -0.2) is 53.2 Å². The third-order valence-corrected chi connectivity index (χ3v) is 9.09. The molecule has 43 heavy (non-hydrogen) atoms. The first-order valence-corrected chi connectivity index (χ1v) is 16.2. The Bertz CT molecular complexity index is 1930. The molecule has 2 aliphatic rings. The summed E-state index contributed by atoms with van der Waals surface area (Å²) in [6.45, 7) is 7.38. The zero-order valence-corrected chi connectivity index (χ0v) is 26.0. The van der Waals surface area contributed by atoms with Gasteiger partial charge in [-0.15, -0.1) is 0 Å². The molecule has 1 aliphatic carbocycles. The lowest BCUT2D eigenvalue weighted by Gasteiger charge is -2.25. The van der Waals surface area contributed by atoms with Crippen molar-refractivity contribution in [3.63, 3.8) is 0 Å². The Morgan fingerprint density at radius 3 is 2.47 bits per heavy atom. The van der Waals surface area contributed by atoms with E-state index in [0.717, 1.165) is 36.2 Å². The molecule has 2 fully saturated rings. The first kappa shape index (κ1) is 29.1. The van der Waals surface area contributed by atoms with Gasteiger partial charge in [-0.1, -0.05) is 23.7 Å². The number of anilines is 2. The van der Waals surface area contributed by atoms with Crippen molar-refractivity contribution in [3.05, 3.63) is 86.2 Å². The molecule has 3 aromatic heterocycles. The molecule has 4 atom stereocenters. The van der Waals surface area contributed by atoms with E-state index < -0.39 is 22.0 Å². The second kappa shape index (κ2) is 10.6. The SMILES string of the molecule is Cc1cc([C@@H](C)Nc2ccc(Cl)nc2C(=O)NS(C)(=O)=O)c2nc(N3C[C@@H]4C(c5ccc(C)nc5)[C@@H]4C3)n(C)c(=O)c2c1. The quantitative estimate of drug-likeness (QED) is 0.296. The highest BCUT2D eigenvalue weighted by atomic mass is 35.5. The smallest absolute Gasteiger partial charge is 0.285 e. The summed E-state index contributed by atoms with van der Waals surface area (Å²) < 4.78 is 27.0. The number of hydrogen-bond donors (Lipinski definition) is 2. The van der Waals surface area contributed by atoms with Gasteiger partial charge in [-0.2, -0.15) is 0 Å². The van der Waals surface area contributed by atoms with Gasteiger partial charge in [0.05, 0.1) is 28.9 Å². The number of nitrogens with one attached hydrogen (secondary N) is 2. The Kier molecular flexibility index (Phi) is 7.16. The van der Waals surface area contributed by atoms with E-state index in [1.165, 1.54) is 11.6 Å². The first-order chi connectivity index (χ1) is 20.3. The van der Waals surface area contributed by atoms with Crippen LogP contribution in [0.15, 0.2) is 47.4 Å². The molecule has 1 unspecified atom stereocenters. The number of hydrogen-bond acceptors (Lipinski definition) is 9. The standard InChI is InChI=1S/C30H32ClN7O4S/c1-15-10-19(17(3)33-23-8-9-24(31)34-27(23)28(39)36-43(5,41)42)26-20(11-15)29(40)37(4)30(35-26)38-13-21-22(14-38)25(21)18-7-6-16(2)32-12-18/h6-12,17,21-22,25,33H,13-14H2,1-5H3,(H,36,39)/t17-,21-,22+,25?/m1/s1. The van der Waals surface area contributed by atoms with Crippen molar-refractivity contribution in [2.24, 2.45) is 18.9 Å². The van der Waals surface area contributed by atoms with Crippen LogP contribution in [0.3, 0.4) is 0 Å². The molecule has 1 saturated heterocycles. The van der Waals surface area contributed by atoms with Crippen LogP contribution in [0.25, 0.3) is 10.9 Å². The monoisotopic (exact) mass is 621 g/mol. The van der Waals surface area contributed by atoms with E-state index in [4.69, 9.17) is 16.6 Å². The largest absolute Gasteiger partial charge is 0.377 e. The van der Waals surface area contributed by atoms with Crippen molar-refractivity contribution in [3.8, 4) is 0 Å². The fourth-order valence-electron chi connectivity index (χ4n) is 6.27. The van der Waals surface area contributed by atoms with Crippen LogP contribution in [0.4, 0.5) is 11.6 Å². The minimum Gasteiger partial charge on any atom is -0.377 e. The summed E-state index contributed by atoms with van der Waals surface area (Å²) in [5.41, 5.74) is 4.44. The number of benzene rings is 1. The Labute approximate surface area is 254 Å². The van der Waals surface area contributed by atoms with Gasteiger partial charge in [-0.25, -0.2) is 23.1 Å². The molecule has 2 N–H and O–H groups in total. The molecular formula is C30H32ClN7O4S. The maximum absolute atomic E-state index is 13.6. The van der Waals surface area contributed by atoms with Crippen molar-refractivity contribution in [1.82, 2.24) is 24.2 Å². The van der Waals surface area contributed by atoms with Gasteiger partial charge in [0, 0.05) is 37.6 Å². The predicted molar refractivity (Wildman–Crippen MR) is 166 cm³/mol. The van der Waals surface area contributed by atoms with E-state index in [0.29, 0.717) is 34.6 Å². The van der Waals surface area contributed by atoms with Crippen LogP contribution in [0.1, 0.15) is 51.8 Å². The Hall–Kier alpha value is -4.03. The lowest BCUT2D eigenvalue weighted by molar-refractivity contribution is 0.0977. The highest BCUT2D eigenvalue weighted by molar-refractivity contribution is 7.89. The Morgan fingerprint density at radius 2 is 1.81 bits per heavy atom. The molecule has 4 aromatic rings. The molecule has 11 nitrogen and oxygen atoms in total. The Morgan fingerprint density at radius 1 is 1.09 bits per heavy atom. The van der Waals surface area contributed by atoms with E-state index in [-0.39, 0.29) is 22.1 Å². The molecule has 0 spiro atoms. The number of fused-ring (bicyclic) bond motifs is 2. The number of carbonyl (C=O) groups excluding carboxylic acids is 1. The highest BCUT2D eigenvalue weighted by Crippen LogP contribution is 2.58. The van der Waals surface area contributed by atoms with Crippen LogP contribution >= 0.6 is 11.6 Å². The van der Waals surface area contributed by atoms with Crippen molar-refractivity contribution in [1.29, 1.82) is 0 Å². The summed E-state index contributed by atoms with van der Waals surface area (Å²) in [7, 11) is -2.07. The summed E-state index contributed by atoms with van der Waals surface area (Å²) in [5, 5.41) is 3.79. The maximum Gasteiger partial charge on any atom is 0.285 e. The van der Waals surface area contributed by atoms with Gasteiger partial charge < -0.3 is 10.2 Å². The topological polar surface area (TPSA) is 139 Å². The zero-order chi connectivity index (χ0) is 30.8. The lowest BCUT2D eigenvalue weighted by Crippen LogP contribution is -2.32. The summed E-state index contributed by atoms with van der Waals surface area (Å²) in [5.74, 6) is 1.17. The van der Waals surface area contributed by atoms with Crippen LogP contribution < -0.4 is 20.5 Å². The zero-order valence-electron chi connectivity index (χ0n) is 24.4. The molecule has 13 heteroatoms. The summed E-state index contributed by atoms with van der Waals surface area (Å²) in [6.07, 6.45) is 2.86. The van der Waals surface area contributed by atoms with Crippen LogP contribution in [-0.2, 0) is 17.1 Å². The number of sulfonamides is 1. The summed E-state index contributed by atoms with van der Waals surface area (Å²) in [6, 6.07) is 10.6. The third kappa shape index (κ3) is 5.56. The third-order valence-electron chi connectivity index (χ3n) is 8.32. The molecule has 1 aromatic carbocycles. The lowest BCUT2D eigenvalue weighted by atomic mass is 10.0. The molecule has 6 rings (SSSR count). The minimum absolute atomic E-state index is 0.0391. The van der Waals surface area contributed by atoms with Crippen molar-refractivity contribution in [2.45, 2.75) is 32.7 Å². The molecule has 1 aliphatic heterocycles. The fourth-order valence-corrected chi connectivity index (χ4v) is 6.85. The number of carbonyl (C=O) groups is 1. The highest BCUT2D eigenvalue weighted by Gasteiger charge is 2.56. The molecule has 224 valence electrons. The molecule has 1 amide bonds. The molecule has 0 radical (unpaired) electrons. The van der Waals surface area contributed by atoms with Gasteiger partial charge >= 0.3 is 0 Å². The van der Waals surface area contributed by atoms with E-state index >= 15 is 0 Å². The van der Waals surface area contributed by atoms with Crippen molar-refractivity contribution >= 4 is 50.1 Å². The van der Waals surface area contributed by atoms with Crippen molar-refractivity contribution in [2.75, 3.05) is 29.6 Å². The summed E-state index contributed by atoms with van der Waals surface area (Å²) in [4.78, 5) is 42.1. The first-order valence-electron chi connectivity index (χ1n) is 13.9. The number of amides is 1. The summed E-state index contributed by atoms with van der Waals surface area (Å²) >= 11 is 6.04. The van der Waals surface area contributed by atoms with Crippen LogP contribution in [0.2, 0.25) is 5.15 Å². The number of piperidine rings is 1. The number of aromatic nitrogens is 4. The number of aryl methyl sites for hydroxylation is 2. The average Bonchev–Trinajstić information content (AvgIpc) is 3.43. The van der Waals surface area contributed by atoms with E-state index in [2.05, 4.69) is 32.3 Å². The van der Waals surface area contributed by atoms with Crippen molar-refractivity contribution < 1.29 is 13.2 Å². The number of rotatable bonds is 7. The number of pyridine rings is 2. The second-order valence-electron chi connectivity index (χ2n) is 11.6. The second-order valence-corrected chi connectivity index (χ2v) is 13.8. The van der Waals surface area contributed by atoms with Gasteiger partial charge in [-0.3, -0.25) is 19.1 Å². The van der Waals surface area contributed by atoms with E-state index in [1.54, 1.807) is 17.7 Å². The van der Waals surface area contributed by atoms with Gasteiger partial charge in [0.2, 0.25) is 16.0 Å². The van der Waals surface area contributed by atoms with Gasteiger partial charge in [-0.05, 0) is 73.9 Å². The maximum atomic E-state index is 13.6. The van der Waals surface area contributed by atoms with Gasteiger partial charge in [0.15, 0.2) is 5.69 Å². The number of halogens is 1. The van der Waals surface area contributed by atoms with E-state index in [1.807, 2.05) is 43.8 Å². The molecule has 0 bridgehead atoms. The van der Waals surface area contributed by atoms with E-state index in [9.17, 15) is 18.0 Å². The average molecular weight is 622 g/mol. The predicted octanol–water partition coefficient (Wildman–Crippen LogP) is 3.71. The minimum atomic E-state index is -3.83. The molecular weight excluding hydrogens is 590 g/mol. The Balaban J connectivity index is 1.32. The van der Waals surface area contributed by atoms with Gasteiger partial charge in [0.25, 0.3) is 11.5 Å². The molecule has 1 saturated carbocycles. The van der Waals surface area contributed by atoms with Crippen LogP contribution in [0, 0.1) is 25.7 Å². The molecule has 4 heterocycles. The normalized spacial score (nSPS) is 20.1. The van der Waals surface area contributed by atoms with Gasteiger partial charge in [0.1, 0.15) is 5.15 Å².